The van der Waals surface area contributed by atoms with E-state index in [4.69, 9.17) is 4.74 Å². The van der Waals surface area contributed by atoms with E-state index in [1.54, 1.807) is 19.2 Å². The van der Waals surface area contributed by atoms with E-state index >= 15 is 0 Å². The van der Waals surface area contributed by atoms with E-state index in [1.807, 2.05) is 49.4 Å². The van der Waals surface area contributed by atoms with Gasteiger partial charge in [0, 0.05) is 16.0 Å². The van der Waals surface area contributed by atoms with Gasteiger partial charge in [0.25, 0.3) is 5.91 Å². The van der Waals surface area contributed by atoms with Gasteiger partial charge in [0.05, 0.1) is 12.8 Å². The van der Waals surface area contributed by atoms with Crippen LogP contribution in [0, 0.1) is 6.92 Å². The van der Waals surface area contributed by atoms with Crippen molar-refractivity contribution in [1.29, 1.82) is 0 Å². The van der Waals surface area contributed by atoms with E-state index in [0.29, 0.717) is 10.7 Å². The molecule has 23 heavy (non-hydrogen) atoms. The Kier molecular flexibility index (Phi) is 4.39. The molecule has 0 saturated heterocycles. The number of amides is 1. The topological polar surface area (TPSA) is 51.2 Å². The summed E-state index contributed by atoms with van der Waals surface area (Å²) in [6.07, 6.45) is 0. The van der Waals surface area contributed by atoms with Gasteiger partial charge < -0.3 is 4.74 Å². The van der Waals surface area contributed by atoms with E-state index in [1.165, 1.54) is 11.3 Å². The lowest BCUT2D eigenvalue weighted by Gasteiger charge is -2.02. The number of anilines is 1. The molecule has 0 aliphatic carbocycles. The summed E-state index contributed by atoms with van der Waals surface area (Å²) in [7, 11) is 1.64. The summed E-state index contributed by atoms with van der Waals surface area (Å²) in [4.78, 5) is 17.8. The van der Waals surface area contributed by atoms with Crippen molar-refractivity contribution in [1.82, 2.24) is 4.98 Å². The normalized spacial score (nSPS) is 10.3. The number of thiazole rings is 1. The number of methoxy groups -OCH3 is 1. The van der Waals surface area contributed by atoms with Crippen LogP contribution < -0.4 is 10.1 Å². The maximum Gasteiger partial charge on any atom is 0.257 e. The third-order valence-corrected chi connectivity index (χ3v) is 4.30. The average Bonchev–Trinajstić information content (AvgIpc) is 2.96. The number of carbonyl (C=O) groups is 1. The molecule has 1 aromatic heterocycles. The predicted molar refractivity (Wildman–Crippen MR) is 93.2 cm³/mol. The lowest BCUT2D eigenvalue weighted by Crippen LogP contribution is -2.11. The quantitative estimate of drug-likeness (QED) is 0.775. The van der Waals surface area contributed by atoms with E-state index < -0.39 is 0 Å². The zero-order valence-corrected chi connectivity index (χ0v) is 13.7. The average molecular weight is 324 g/mol. The molecule has 0 saturated carbocycles. The molecule has 3 rings (SSSR count). The summed E-state index contributed by atoms with van der Waals surface area (Å²) >= 11 is 1.47. The van der Waals surface area contributed by atoms with Crippen LogP contribution in [0.2, 0.25) is 0 Å². The predicted octanol–water partition coefficient (Wildman–Crippen LogP) is 4.38. The van der Waals surface area contributed by atoms with Gasteiger partial charge in [0.1, 0.15) is 5.75 Å². The fraction of sp³-hybridized carbons (Fsp3) is 0.111. The molecule has 0 spiro atoms. The van der Waals surface area contributed by atoms with Gasteiger partial charge >= 0.3 is 0 Å². The number of nitrogens with one attached hydrogen (secondary N) is 1. The van der Waals surface area contributed by atoms with Crippen molar-refractivity contribution in [2.45, 2.75) is 6.92 Å². The van der Waals surface area contributed by atoms with Crippen LogP contribution in [0.4, 0.5) is 5.13 Å². The first-order valence-corrected chi connectivity index (χ1v) is 7.97. The Bertz CT molecular complexity index is 811. The second-order valence-corrected chi connectivity index (χ2v) is 6.18. The van der Waals surface area contributed by atoms with E-state index in [-0.39, 0.29) is 5.91 Å². The molecular weight excluding hydrogens is 308 g/mol. The molecule has 4 nitrogen and oxygen atoms in total. The molecule has 2 aromatic carbocycles. The molecule has 0 aliphatic heterocycles. The molecule has 1 heterocycles. The summed E-state index contributed by atoms with van der Waals surface area (Å²) < 4.78 is 5.17. The summed E-state index contributed by atoms with van der Waals surface area (Å²) in [6, 6.07) is 16.8. The molecule has 3 aromatic rings. The summed E-state index contributed by atoms with van der Waals surface area (Å²) in [5, 5.41) is 3.45. The van der Waals surface area contributed by atoms with Gasteiger partial charge in [-0.05, 0) is 43.3 Å². The molecule has 1 N–H and O–H groups in total. The molecule has 0 unspecified atom stereocenters. The highest BCUT2D eigenvalue weighted by Crippen LogP contribution is 2.31. The highest BCUT2D eigenvalue weighted by molar-refractivity contribution is 7.16. The van der Waals surface area contributed by atoms with Crippen LogP contribution in [-0.2, 0) is 0 Å². The van der Waals surface area contributed by atoms with Gasteiger partial charge in [0.2, 0.25) is 0 Å². The van der Waals surface area contributed by atoms with E-state index in [9.17, 15) is 4.79 Å². The largest absolute Gasteiger partial charge is 0.497 e. The second-order valence-electron chi connectivity index (χ2n) is 4.97. The van der Waals surface area contributed by atoms with Crippen LogP contribution in [0.1, 0.15) is 15.2 Å². The van der Waals surface area contributed by atoms with Gasteiger partial charge in [-0.2, -0.15) is 0 Å². The smallest absolute Gasteiger partial charge is 0.257 e. The molecule has 116 valence electrons. The highest BCUT2D eigenvalue weighted by atomic mass is 32.1. The summed E-state index contributed by atoms with van der Waals surface area (Å²) in [5.74, 6) is 0.653. The second kappa shape index (κ2) is 6.62. The van der Waals surface area contributed by atoms with Crippen molar-refractivity contribution in [2.24, 2.45) is 0 Å². The molecule has 0 aliphatic rings. The Morgan fingerprint density at radius 2 is 1.78 bits per heavy atom. The van der Waals surface area contributed by atoms with Crippen LogP contribution in [-0.4, -0.2) is 18.0 Å². The molecule has 0 fully saturated rings. The molecule has 0 bridgehead atoms. The Morgan fingerprint density at radius 3 is 2.43 bits per heavy atom. The van der Waals surface area contributed by atoms with Crippen molar-refractivity contribution < 1.29 is 9.53 Å². The lowest BCUT2D eigenvalue weighted by molar-refractivity contribution is 0.102. The van der Waals surface area contributed by atoms with Crippen molar-refractivity contribution in [3.8, 4) is 17.0 Å². The van der Waals surface area contributed by atoms with Crippen LogP contribution in [0.5, 0.6) is 5.75 Å². The van der Waals surface area contributed by atoms with Crippen LogP contribution >= 0.6 is 11.3 Å². The van der Waals surface area contributed by atoms with Gasteiger partial charge in [-0.3, -0.25) is 10.1 Å². The molecule has 0 radical (unpaired) electrons. The summed E-state index contributed by atoms with van der Waals surface area (Å²) in [6.45, 7) is 2.00. The standard InChI is InChI=1S/C18H16N2O2S/c1-12-16(13-8-10-15(22-2)11-9-13)19-18(23-12)20-17(21)14-6-4-3-5-7-14/h3-11H,1-2H3,(H,19,20,21). The SMILES string of the molecule is COc1ccc(-c2nc(NC(=O)c3ccccc3)sc2C)cc1. The van der Waals surface area contributed by atoms with Crippen molar-refractivity contribution in [3.05, 3.63) is 65.0 Å². The highest BCUT2D eigenvalue weighted by Gasteiger charge is 2.13. The van der Waals surface area contributed by atoms with Crippen molar-refractivity contribution >= 4 is 22.4 Å². The zero-order chi connectivity index (χ0) is 16.2. The first-order valence-electron chi connectivity index (χ1n) is 7.15. The minimum Gasteiger partial charge on any atom is -0.497 e. The number of nitrogens with zero attached hydrogens (tertiary/aromatic N) is 1. The van der Waals surface area contributed by atoms with Crippen molar-refractivity contribution in [2.75, 3.05) is 12.4 Å². The molecule has 1 amide bonds. The number of aryl methyl sites for hydroxylation is 1. The number of aromatic nitrogens is 1. The van der Waals surface area contributed by atoms with Crippen molar-refractivity contribution in [3.63, 3.8) is 0 Å². The van der Waals surface area contributed by atoms with Gasteiger partial charge in [-0.15, -0.1) is 11.3 Å². The lowest BCUT2D eigenvalue weighted by atomic mass is 10.1. The van der Waals surface area contributed by atoms with Crippen LogP contribution in [0.3, 0.4) is 0 Å². The zero-order valence-electron chi connectivity index (χ0n) is 12.9. The Balaban J connectivity index is 1.81. The first kappa shape index (κ1) is 15.2. The van der Waals surface area contributed by atoms with Gasteiger partial charge in [0.15, 0.2) is 5.13 Å². The molecule has 5 heteroatoms. The van der Waals surface area contributed by atoms with E-state index in [0.717, 1.165) is 21.9 Å². The Labute approximate surface area is 138 Å². The maximum atomic E-state index is 12.2. The monoisotopic (exact) mass is 324 g/mol. The molecular formula is C18H16N2O2S. The Morgan fingerprint density at radius 1 is 1.09 bits per heavy atom. The third-order valence-electron chi connectivity index (χ3n) is 3.42. The number of hydrogen-bond acceptors (Lipinski definition) is 4. The van der Waals surface area contributed by atoms with E-state index in [2.05, 4.69) is 10.3 Å². The maximum absolute atomic E-state index is 12.2. The third kappa shape index (κ3) is 3.40. The minimum atomic E-state index is -0.152. The number of rotatable bonds is 4. The summed E-state index contributed by atoms with van der Waals surface area (Å²) in [5.41, 5.74) is 2.49. The Hall–Kier alpha value is -2.66. The number of hydrogen-bond donors (Lipinski definition) is 1. The minimum absolute atomic E-state index is 0.152. The van der Waals surface area contributed by atoms with Crippen LogP contribution in [0.15, 0.2) is 54.6 Å². The fourth-order valence-electron chi connectivity index (χ4n) is 2.23. The number of ether oxygens (including phenoxy) is 1. The number of carbonyl (C=O) groups excluding carboxylic acids is 1. The van der Waals surface area contributed by atoms with Gasteiger partial charge in [-0.1, -0.05) is 18.2 Å². The number of benzene rings is 2. The van der Waals surface area contributed by atoms with Gasteiger partial charge in [-0.25, -0.2) is 4.98 Å². The van der Waals surface area contributed by atoms with Crippen LogP contribution in [0.25, 0.3) is 11.3 Å². The molecule has 0 atom stereocenters. The fourth-order valence-corrected chi connectivity index (χ4v) is 3.06. The first-order chi connectivity index (χ1) is 11.2.